The van der Waals surface area contributed by atoms with Gasteiger partial charge in [0.05, 0.1) is 12.7 Å². The quantitative estimate of drug-likeness (QED) is 0.791. The molecule has 1 aromatic carbocycles. The van der Waals surface area contributed by atoms with E-state index >= 15 is 0 Å². The Kier molecular flexibility index (Phi) is 6.83. The number of alkyl carbamates (subject to hydrolysis) is 1. The van der Waals surface area contributed by atoms with Crippen LogP contribution in [0.2, 0.25) is 0 Å². The van der Waals surface area contributed by atoms with Crippen LogP contribution in [-0.4, -0.2) is 49.1 Å². The number of ether oxygens (including phenoxy) is 3. The number of benzene rings is 1. The van der Waals surface area contributed by atoms with E-state index in [-0.39, 0.29) is 19.3 Å². The van der Waals surface area contributed by atoms with Gasteiger partial charge in [0.25, 0.3) is 0 Å². The highest BCUT2D eigenvalue weighted by atomic mass is 16.6. The van der Waals surface area contributed by atoms with Crippen molar-refractivity contribution in [1.29, 1.82) is 0 Å². The minimum atomic E-state index is -1.16. The lowest BCUT2D eigenvalue weighted by molar-refractivity contribution is -0.142. The molecule has 1 amide bonds. The molecule has 0 aliphatic carbocycles. The van der Waals surface area contributed by atoms with Crippen molar-refractivity contribution in [2.24, 2.45) is 0 Å². The number of carboxylic acid groups (broad SMARTS) is 1. The van der Waals surface area contributed by atoms with Crippen molar-refractivity contribution in [3.8, 4) is 0 Å². The molecule has 2 N–H and O–H groups in total. The first kappa shape index (κ1) is 17.2. The summed E-state index contributed by atoms with van der Waals surface area (Å²) in [4.78, 5) is 22.9. The van der Waals surface area contributed by atoms with Gasteiger partial charge in [0.2, 0.25) is 0 Å². The molecule has 0 radical (unpaired) electrons. The summed E-state index contributed by atoms with van der Waals surface area (Å²) in [6.45, 7) is 1.20. The maximum Gasteiger partial charge on any atom is 0.408 e. The molecule has 23 heavy (non-hydrogen) atoms. The van der Waals surface area contributed by atoms with Crippen LogP contribution >= 0.6 is 0 Å². The van der Waals surface area contributed by atoms with E-state index in [0.29, 0.717) is 13.2 Å². The van der Waals surface area contributed by atoms with Gasteiger partial charge in [0, 0.05) is 13.2 Å². The first-order valence-electron chi connectivity index (χ1n) is 7.54. The maximum absolute atomic E-state index is 11.7. The van der Waals surface area contributed by atoms with Gasteiger partial charge in [0.15, 0.2) is 6.04 Å². The average molecular weight is 323 g/mol. The van der Waals surface area contributed by atoms with E-state index in [1.807, 2.05) is 30.3 Å². The molecular formula is C16H21NO6. The monoisotopic (exact) mass is 323 g/mol. The van der Waals surface area contributed by atoms with Gasteiger partial charge < -0.3 is 24.6 Å². The fraction of sp³-hybridized carbons (Fsp3) is 0.500. The summed E-state index contributed by atoms with van der Waals surface area (Å²) in [6, 6.07) is 8.02. The Labute approximate surface area is 134 Å². The molecule has 1 saturated heterocycles. The molecule has 0 aromatic heterocycles. The van der Waals surface area contributed by atoms with E-state index < -0.39 is 18.1 Å². The number of carbonyl (C=O) groups excluding carboxylic acids is 1. The molecule has 1 fully saturated rings. The molecule has 1 heterocycles. The summed E-state index contributed by atoms with van der Waals surface area (Å²) in [6.07, 6.45) is 0.639. The number of amides is 1. The highest BCUT2D eigenvalue weighted by Crippen LogP contribution is 2.11. The number of carboxylic acids is 1. The largest absolute Gasteiger partial charge is 0.480 e. The van der Waals surface area contributed by atoms with Gasteiger partial charge in [-0.25, -0.2) is 9.59 Å². The molecule has 7 nitrogen and oxygen atoms in total. The Morgan fingerprint density at radius 3 is 2.61 bits per heavy atom. The highest BCUT2D eigenvalue weighted by Gasteiger charge is 2.23. The molecule has 0 bridgehead atoms. The summed E-state index contributed by atoms with van der Waals surface area (Å²) in [5.74, 6) is -1.16. The maximum atomic E-state index is 11.7. The fourth-order valence-electron chi connectivity index (χ4n) is 2.16. The molecule has 1 aliphatic rings. The van der Waals surface area contributed by atoms with Crippen molar-refractivity contribution in [2.45, 2.75) is 31.6 Å². The van der Waals surface area contributed by atoms with Crippen LogP contribution in [0.3, 0.4) is 0 Å². The van der Waals surface area contributed by atoms with Crippen LogP contribution in [0.5, 0.6) is 0 Å². The van der Waals surface area contributed by atoms with E-state index in [0.717, 1.165) is 18.4 Å². The van der Waals surface area contributed by atoms with Crippen molar-refractivity contribution in [1.82, 2.24) is 5.32 Å². The van der Waals surface area contributed by atoms with E-state index in [9.17, 15) is 9.59 Å². The predicted molar refractivity (Wildman–Crippen MR) is 81.0 cm³/mol. The number of aliphatic carboxylic acids is 1. The summed E-state index contributed by atoms with van der Waals surface area (Å²) < 4.78 is 15.8. The van der Waals surface area contributed by atoms with Crippen LogP contribution < -0.4 is 5.32 Å². The predicted octanol–water partition coefficient (Wildman–Crippen LogP) is 1.56. The van der Waals surface area contributed by atoms with E-state index in [4.69, 9.17) is 19.3 Å². The van der Waals surface area contributed by atoms with Gasteiger partial charge in [0.1, 0.15) is 6.61 Å². The van der Waals surface area contributed by atoms with E-state index in [2.05, 4.69) is 5.32 Å². The topological polar surface area (TPSA) is 94.1 Å². The first-order chi connectivity index (χ1) is 11.1. The second-order valence-corrected chi connectivity index (χ2v) is 5.24. The molecule has 1 aromatic rings. The van der Waals surface area contributed by atoms with Crippen molar-refractivity contribution in [2.75, 3.05) is 19.8 Å². The Hall–Kier alpha value is -2.12. The van der Waals surface area contributed by atoms with Gasteiger partial charge >= 0.3 is 12.1 Å². The van der Waals surface area contributed by atoms with Crippen molar-refractivity contribution >= 4 is 12.1 Å². The molecule has 1 atom stereocenters. The van der Waals surface area contributed by atoms with Crippen LogP contribution in [-0.2, 0) is 25.6 Å². The standard InChI is InChI=1S/C16H21NO6/c18-15(19)14(11-22-13-6-8-21-9-7-13)17-16(20)23-10-12-4-2-1-3-5-12/h1-5,13-14H,6-11H2,(H,17,20)(H,18,19). The van der Waals surface area contributed by atoms with E-state index in [1.165, 1.54) is 0 Å². The lowest BCUT2D eigenvalue weighted by atomic mass is 10.1. The Morgan fingerprint density at radius 1 is 1.26 bits per heavy atom. The summed E-state index contributed by atoms with van der Waals surface area (Å²) in [5.41, 5.74) is 0.827. The minimum Gasteiger partial charge on any atom is -0.480 e. The van der Waals surface area contributed by atoms with Gasteiger partial charge in [-0.2, -0.15) is 0 Å². The summed E-state index contributed by atoms with van der Waals surface area (Å²) >= 11 is 0. The Morgan fingerprint density at radius 2 is 1.96 bits per heavy atom. The fourth-order valence-corrected chi connectivity index (χ4v) is 2.16. The summed E-state index contributed by atoms with van der Waals surface area (Å²) in [5, 5.41) is 11.5. The first-order valence-corrected chi connectivity index (χ1v) is 7.54. The highest BCUT2D eigenvalue weighted by molar-refractivity contribution is 5.80. The average Bonchev–Trinajstić information content (AvgIpc) is 2.58. The number of hydrogen-bond donors (Lipinski definition) is 2. The molecule has 2 rings (SSSR count). The van der Waals surface area contributed by atoms with Crippen LogP contribution in [0.4, 0.5) is 4.79 Å². The second-order valence-electron chi connectivity index (χ2n) is 5.24. The van der Waals surface area contributed by atoms with Crippen LogP contribution in [0, 0.1) is 0 Å². The van der Waals surface area contributed by atoms with Gasteiger partial charge in [-0.05, 0) is 18.4 Å². The van der Waals surface area contributed by atoms with Crippen molar-refractivity contribution in [3.05, 3.63) is 35.9 Å². The number of carbonyl (C=O) groups is 2. The summed E-state index contributed by atoms with van der Waals surface area (Å²) in [7, 11) is 0. The SMILES string of the molecule is O=C(NC(COC1CCOCC1)C(=O)O)OCc1ccccc1. The van der Waals surface area contributed by atoms with Gasteiger partial charge in [-0.3, -0.25) is 0 Å². The van der Waals surface area contributed by atoms with Crippen LogP contribution in [0.25, 0.3) is 0 Å². The van der Waals surface area contributed by atoms with E-state index in [1.54, 1.807) is 0 Å². The molecule has 0 saturated carbocycles. The third-order valence-corrected chi connectivity index (χ3v) is 3.47. The molecule has 126 valence electrons. The smallest absolute Gasteiger partial charge is 0.408 e. The van der Waals surface area contributed by atoms with Crippen molar-refractivity contribution in [3.63, 3.8) is 0 Å². The molecule has 1 unspecified atom stereocenters. The minimum absolute atomic E-state index is 0.0345. The molecule has 0 spiro atoms. The molecule has 1 aliphatic heterocycles. The Balaban J connectivity index is 1.74. The van der Waals surface area contributed by atoms with Gasteiger partial charge in [-0.15, -0.1) is 0 Å². The number of rotatable bonds is 7. The normalized spacial score (nSPS) is 16.5. The third kappa shape index (κ3) is 6.25. The number of hydrogen-bond acceptors (Lipinski definition) is 5. The third-order valence-electron chi connectivity index (χ3n) is 3.47. The zero-order valence-corrected chi connectivity index (χ0v) is 12.8. The molecular weight excluding hydrogens is 302 g/mol. The zero-order chi connectivity index (χ0) is 16.5. The van der Waals surface area contributed by atoms with Crippen molar-refractivity contribution < 1.29 is 28.9 Å². The Bertz CT molecular complexity index is 501. The van der Waals surface area contributed by atoms with Crippen LogP contribution in [0.1, 0.15) is 18.4 Å². The lowest BCUT2D eigenvalue weighted by Crippen LogP contribution is -2.45. The van der Waals surface area contributed by atoms with Gasteiger partial charge in [-0.1, -0.05) is 30.3 Å². The molecule has 7 heteroatoms. The lowest BCUT2D eigenvalue weighted by Gasteiger charge is -2.24. The number of nitrogens with one attached hydrogen (secondary N) is 1. The van der Waals surface area contributed by atoms with Crippen LogP contribution in [0.15, 0.2) is 30.3 Å². The second kappa shape index (κ2) is 9.12. The zero-order valence-electron chi connectivity index (χ0n) is 12.8.